The van der Waals surface area contributed by atoms with Gasteiger partial charge in [-0.3, -0.25) is 9.69 Å². The van der Waals surface area contributed by atoms with E-state index < -0.39 is 0 Å². The van der Waals surface area contributed by atoms with Gasteiger partial charge in [-0.15, -0.1) is 5.10 Å². The van der Waals surface area contributed by atoms with Gasteiger partial charge < -0.3 is 9.72 Å². The summed E-state index contributed by atoms with van der Waals surface area (Å²) < 4.78 is 20.5. The van der Waals surface area contributed by atoms with E-state index in [2.05, 4.69) is 31.5 Å². The number of nitrogens with zero attached hydrogens (tertiary/aromatic N) is 5. The number of aryl methyl sites for hydroxylation is 1. The first-order chi connectivity index (χ1) is 18.0. The topological polar surface area (TPSA) is 88.9 Å². The van der Waals surface area contributed by atoms with Crippen LogP contribution in [0.2, 0.25) is 0 Å². The molecule has 0 aliphatic heterocycles. The number of tetrazole rings is 1. The molecule has 3 aromatic carbocycles. The standard InChI is InChI=1S/C28H27FN6O2/c1-19-3-12-26-22(13-19)14-23(28(36)30-26)17-34(15-20-4-8-24(29)9-5-20)18-27-31-32-33-35(27)16-21-6-10-25(37-2)11-7-21/h3-14H,15-18H2,1-2H3,(H,30,36). The van der Waals surface area contributed by atoms with Crippen molar-refractivity contribution in [2.75, 3.05) is 7.11 Å². The summed E-state index contributed by atoms with van der Waals surface area (Å²) in [5.41, 5.74) is 4.36. The van der Waals surface area contributed by atoms with Crippen LogP contribution < -0.4 is 10.3 Å². The number of aromatic amines is 1. The van der Waals surface area contributed by atoms with E-state index in [-0.39, 0.29) is 11.4 Å². The minimum atomic E-state index is -0.292. The molecule has 0 amide bonds. The zero-order chi connectivity index (χ0) is 25.8. The van der Waals surface area contributed by atoms with E-state index in [1.807, 2.05) is 49.4 Å². The van der Waals surface area contributed by atoms with Crippen molar-refractivity contribution < 1.29 is 9.13 Å². The fourth-order valence-electron chi connectivity index (χ4n) is 4.31. The maximum atomic E-state index is 13.5. The average Bonchev–Trinajstić information content (AvgIpc) is 3.32. The van der Waals surface area contributed by atoms with Gasteiger partial charge in [-0.1, -0.05) is 35.9 Å². The Morgan fingerprint density at radius 1 is 0.946 bits per heavy atom. The zero-order valence-corrected chi connectivity index (χ0v) is 20.7. The molecule has 0 radical (unpaired) electrons. The molecule has 0 saturated carbocycles. The summed E-state index contributed by atoms with van der Waals surface area (Å²) >= 11 is 0. The third-order valence-electron chi connectivity index (χ3n) is 6.25. The van der Waals surface area contributed by atoms with Crippen LogP contribution in [0.4, 0.5) is 4.39 Å². The quantitative estimate of drug-likeness (QED) is 0.327. The Morgan fingerprint density at radius 3 is 2.46 bits per heavy atom. The van der Waals surface area contributed by atoms with Gasteiger partial charge >= 0.3 is 0 Å². The van der Waals surface area contributed by atoms with Gasteiger partial charge in [0.1, 0.15) is 11.6 Å². The second-order valence-corrected chi connectivity index (χ2v) is 9.09. The number of fused-ring (bicyclic) bond motifs is 1. The number of rotatable bonds is 9. The summed E-state index contributed by atoms with van der Waals surface area (Å²) in [6, 6.07) is 22.0. The molecule has 2 heterocycles. The smallest absolute Gasteiger partial charge is 0.252 e. The molecule has 5 aromatic rings. The lowest BCUT2D eigenvalue weighted by molar-refractivity contribution is 0.236. The van der Waals surface area contributed by atoms with Crippen molar-refractivity contribution in [3.63, 3.8) is 0 Å². The van der Waals surface area contributed by atoms with Crippen LogP contribution in [0.1, 0.15) is 28.1 Å². The van der Waals surface area contributed by atoms with Gasteiger partial charge in [0, 0.05) is 24.2 Å². The maximum Gasteiger partial charge on any atom is 0.252 e. The van der Waals surface area contributed by atoms with Crippen LogP contribution in [-0.4, -0.2) is 37.2 Å². The van der Waals surface area contributed by atoms with Gasteiger partial charge in [-0.05, 0) is 76.3 Å². The highest BCUT2D eigenvalue weighted by Crippen LogP contribution is 2.18. The highest BCUT2D eigenvalue weighted by molar-refractivity contribution is 5.79. The number of H-pyrrole nitrogens is 1. The summed E-state index contributed by atoms with van der Waals surface area (Å²) in [5.74, 6) is 1.15. The van der Waals surface area contributed by atoms with Crippen LogP contribution in [-0.2, 0) is 26.2 Å². The first kappa shape index (κ1) is 24.3. The van der Waals surface area contributed by atoms with Crippen molar-refractivity contribution in [1.29, 1.82) is 0 Å². The Balaban J connectivity index is 1.42. The minimum Gasteiger partial charge on any atom is -0.497 e. The number of hydrogen-bond donors (Lipinski definition) is 1. The average molecular weight is 499 g/mol. The van der Waals surface area contributed by atoms with Gasteiger partial charge in [0.15, 0.2) is 5.82 Å². The summed E-state index contributed by atoms with van der Waals surface area (Å²) in [4.78, 5) is 18.0. The van der Waals surface area contributed by atoms with Crippen LogP contribution in [0, 0.1) is 12.7 Å². The lowest BCUT2D eigenvalue weighted by atomic mass is 10.1. The Labute approximate surface area is 213 Å². The second-order valence-electron chi connectivity index (χ2n) is 9.09. The molecule has 0 fully saturated rings. The molecule has 0 aliphatic carbocycles. The zero-order valence-electron chi connectivity index (χ0n) is 20.7. The number of nitrogens with one attached hydrogen (secondary N) is 1. The third-order valence-corrected chi connectivity index (χ3v) is 6.25. The van der Waals surface area contributed by atoms with Crippen LogP contribution in [0.25, 0.3) is 10.9 Å². The molecular weight excluding hydrogens is 471 g/mol. The van der Waals surface area contributed by atoms with Gasteiger partial charge in [-0.2, -0.15) is 0 Å². The van der Waals surface area contributed by atoms with Gasteiger partial charge in [-0.25, -0.2) is 9.07 Å². The first-order valence-corrected chi connectivity index (χ1v) is 11.9. The molecule has 0 saturated heterocycles. The fraction of sp³-hybridized carbons (Fsp3) is 0.214. The predicted molar refractivity (Wildman–Crippen MR) is 139 cm³/mol. The molecular formula is C28H27FN6O2. The van der Waals surface area contributed by atoms with Crippen molar-refractivity contribution in [2.45, 2.75) is 33.1 Å². The van der Waals surface area contributed by atoms with Crippen LogP contribution in [0.15, 0.2) is 77.6 Å². The maximum absolute atomic E-state index is 13.5. The molecule has 0 aliphatic rings. The number of pyridine rings is 1. The number of aromatic nitrogens is 5. The molecule has 0 unspecified atom stereocenters. The molecule has 0 atom stereocenters. The highest BCUT2D eigenvalue weighted by atomic mass is 19.1. The van der Waals surface area contributed by atoms with Crippen LogP contribution >= 0.6 is 0 Å². The van der Waals surface area contributed by atoms with Crippen molar-refractivity contribution in [1.82, 2.24) is 30.1 Å². The van der Waals surface area contributed by atoms with Gasteiger partial charge in [0.25, 0.3) is 5.56 Å². The number of halogens is 1. The largest absolute Gasteiger partial charge is 0.497 e. The Bertz CT molecular complexity index is 1560. The van der Waals surface area contributed by atoms with Gasteiger partial charge in [0.05, 0.1) is 20.2 Å². The SMILES string of the molecule is COc1ccc(Cn2nnnc2CN(Cc2ccc(F)cc2)Cc2cc3cc(C)ccc3[nH]c2=O)cc1. The molecule has 5 rings (SSSR count). The number of hydrogen-bond acceptors (Lipinski definition) is 6. The third kappa shape index (κ3) is 5.90. The molecule has 9 heteroatoms. The lowest BCUT2D eigenvalue weighted by Crippen LogP contribution is -2.28. The normalized spacial score (nSPS) is 11.4. The first-order valence-electron chi connectivity index (χ1n) is 11.9. The summed E-state index contributed by atoms with van der Waals surface area (Å²) in [7, 11) is 1.63. The minimum absolute atomic E-state index is 0.140. The van der Waals surface area contributed by atoms with Crippen LogP contribution in [0.5, 0.6) is 5.75 Å². The van der Waals surface area contributed by atoms with E-state index in [0.717, 1.165) is 33.3 Å². The number of benzene rings is 3. The number of ether oxygens (including phenoxy) is 1. The molecule has 0 bridgehead atoms. The van der Waals surface area contributed by atoms with Crippen molar-refractivity contribution >= 4 is 10.9 Å². The van der Waals surface area contributed by atoms with E-state index in [1.54, 1.807) is 23.9 Å². The molecule has 37 heavy (non-hydrogen) atoms. The molecule has 188 valence electrons. The molecule has 8 nitrogen and oxygen atoms in total. The van der Waals surface area contributed by atoms with E-state index in [4.69, 9.17) is 4.74 Å². The van der Waals surface area contributed by atoms with Crippen molar-refractivity contribution in [3.05, 3.63) is 117 Å². The molecule has 2 aromatic heterocycles. The van der Waals surface area contributed by atoms with Crippen molar-refractivity contribution in [2.24, 2.45) is 0 Å². The summed E-state index contributed by atoms with van der Waals surface area (Å²) in [6.45, 7) is 3.76. The van der Waals surface area contributed by atoms with E-state index in [9.17, 15) is 9.18 Å². The monoisotopic (exact) mass is 498 g/mol. The lowest BCUT2D eigenvalue weighted by Gasteiger charge is -2.22. The Morgan fingerprint density at radius 2 is 1.70 bits per heavy atom. The summed E-state index contributed by atoms with van der Waals surface area (Å²) in [5, 5.41) is 13.3. The van der Waals surface area contributed by atoms with Crippen molar-refractivity contribution in [3.8, 4) is 5.75 Å². The molecule has 0 spiro atoms. The van der Waals surface area contributed by atoms with E-state index in [1.165, 1.54) is 12.1 Å². The number of methoxy groups -OCH3 is 1. The summed E-state index contributed by atoms with van der Waals surface area (Å²) in [6.07, 6.45) is 0. The molecule has 1 N–H and O–H groups in total. The fourth-order valence-corrected chi connectivity index (χ4v) is 4.31. The second kappa shape index (κ2) is 10.7. The highest BCUT2D eigenvalue weighted by Gasteiger charge is 2.16. The predicted octanol–water partition coefficient (Wildman–Crippen LogP) is 4.22. The Kier molecular flexibility index (Phi) is 7.04. The Hall–Kier alpha value is -4.37. The van der Waals surface area contributed by atoms with Gasteiger partial charge in [0.2, 0.25) is 0 Å². The van der Waals surface area contributed by atoms with Crippen LogP contribution in [0.3, 0.4) is 0 Å². The van der Waals surface area contributed by atoms with E-state index in [0.29, 0.717) is 37.6 Å². The van der Waals surface area contributed by atoms with E-state index >= 15 is 0 Å².